The van der Waals surface area contributed by atoms with Crippen LogP contribution in [0.25, 0.3) is 0 Å². The molecule has 0 aromatic heterocycles. The lowest BCUT2D eigenvalue weighted by atomic mass is 10.0. The molecule has 1 aliphatic heterocycles. The molecule has 1 aromatic carbocycles. The molecule has 0 bridgehead atoms. The van der Waals surface area contributed by atoms with Crippen LogP contribution in [-0.4, -0.2) is 24.3 Å². The van der Waals surface area contributed by atoms with Gasteiger partial charge in [-0.1, -0.05) is 19.1 Å². The molecule has 0 aliphatic carbocycles. The van der Waals surface area contributed by atoms with Gasteiger partial charge in [-0.3, -0.25) is 0 Å². The topological polar surface area (TPSA) is 49.5 Å². The SMILES string of the molecule is CC[C@H](N)c1ccc(N2CCCC2CO)cc1. The molecule has 3 N–H and O–H groups in total. The number of benzene rings is 1. The monoisotopic (exact) mass is 234 g/mol. The zero-order valence-electron chi connectivity index (χ0n) is 10.5. The van der Waals surface area contributed by atoms with E-state index >= 15 is 0 Å². The Bertz CT molecular complexity index is 350. The number of rotatable bonds is 4. The van der Waals surface area contributed by atoms with E-state index in [4.69, 9.17) is 5.73 Å². The summed E-state index contributed by atoms with van der Waals surface area (Å²) in [6.07, 6.45) is 3.22. The number of hydrogen-bond donors (Lipinski definition) is 2. The third-order valence-corrected chi connectivity index (χ3v) is 3.68. The van der Waals surface area contributed by atoms with Gasteiger partial charge in [-0.2, -0.15) is 0 Å². The van der Waals surface area contributed by atoms with Gasteiger partial charge in [0.05, 0.1) is 12.6 Å². The Morgan fingerprint density at radius 1 is 1.41 bits per heavy atom. The largest absolute Gasteiger partial charge is 0.394 e. The normalized spacial score (nSPS) is 21.8. The quantitative estimate of drug-likeness (QED) is 0.838. The summed E-state index contributed by atoms with van der Waals surface area (Å²) >= 11 is 0. The van der Waals surface area contributed by atoms with Crippen LogP contribution in [0.2, 0.25) is 0 Å². The first kappa shape index (κ1) is 12.4. The molecule has 1 aliphatic rings. The number of anilines is 1. The van der Waals surface area contributed by atoms with Crippen molar-refractivity contribution in [3.05, 3.63) is 29.8 Å². The van der Waals surface area contributed by atoms with E-state index < -0.39 is 0 Å². The second-order valence-corrected chi connectivity index (χ2v) is 4.78. The van der Waals surface area contributed by atoms with Gasteiger partial charge in [0.25, 0.3) is 0 Å². The first-order chi connectivity index (χ1) is 8.26. The zero-order valence-corrected chi connectivity index (χ0v) is 10.5. The van der Waals surface area contributed by atoms with Gasteiger partial charge in [0.2, 0.25) is 0 Å². The highest BCUT2D eigenvalue weighted by Gasteiger charge is 2.23. The Balaban J connectivity index is 2.12. The van der Waals surface area contributed by atoms with Gasteiger partial charge in [-0.25, -0.2) is 0 Å². The molecule has 2 atom stereocenters. The van der Waals surface area contributed by atoms with Gasteiger partial charge in [0.1, 0.15) is 0 Å². The smallest absolute Gasteiger partial charge is 0.0635 e. The molecular weight excluding hydrogens is 212 g/mol. The summed E-state index contributed by atoms with van der Waals surface area (Å²) in [5, 5.41) is 9.32. The molecule has 0 spiro atoms. The molecule has 1 fully saturated rings. The van der Waals surface area contributed by atoms with Crippen molar-refractivity contribution in [2.24, 2.45) is 5.73 Å². The van der Waals surface area contributed by atoms with Crippen molar-refractivity contribution in [3.63, 3.8) is 0 Å². The van der Waals surface area contributed by atoms with Crippen molar-refractivity contribution in [2.75, 3.05) is 18.1 Å². The summed E-state index contributed by atoms with van der Waals surface area (Å²) in [6.45, 7) is 3.39. The summed E-state index contributed by atoms with van der Waals surface area (Å²) in [7, 11) is 0. The highest BCUT2D eigenvalue weighted by Crippen LogP contribution is 2.26. The standard InChI is InChI=1S/C14H22N2O/c1-2-14(15)11-5-7-12(8-6-11)16-9-3-4-13(16)10-17/h5-8,13-14,17H,2-4,9-10,15H2,1H3/t13?,14-/m0/s1. The second kappa shape index (κ2) is 5.52. The molecule has 3 heteroatoms. The van der Waals surface area contributed by atoms with Gasteiger partial charge >= 0.3 is 0 Å². The summed E-state index contributed by atoms with van der Waals surface area (Å²) in [5.74, 6) is 0. The second-order valence-electron chi connectivity index (χ2n) is 4.78. The minimum absolute atomic E-state index is 0.135. The maximum atomic E-state index is 9.32. The van der Waals surface area contributed by atoms with Crippen molar-refractivity contribution in [1.29, 1.82) is 0 Å². The Morgan fingerprint density at radius 3 is 2.71 bits per heavy atom. The number of hydrogen-bond acceptors (Lipinski definition) is 3. The molecule has 1 unspecified atom stereocenters. The lowest BCUT2D eigenvalue weighted by Crippen LogP contribution is -2.31. The fraction of sp³-hybridized carbons (Fsp3) is 0.571. The Labute approximate surface area is 103 Å². The predicted octanol–water partition coefficient (Wildman–Crippen LogP) is 2.06. The fourth-order valence-corrected chi connectivity index (χ4v) is 2.51. The van der Waals surface area contributed by atoms with Crippen molar-refractivity contribution in [3.8, 4) is 0 Å². The van der Waals surface area contributed by atoms with E-state index in [-0.39, 0.29) is 12.6 Å². The maximum absolute atomic E-state index is 9.32. The van der Waals surface area contributed by atoms with Crippen LogP contribution in [-0.2, 0) is 0 Å². The van der Waals surface area contributed by atoms with Crippen molar-refractivity contribution < 1.29 is 5.11 Å². The van der Waals surface area contributed by atoms with Crippen LogP contribution in [0, 0.1) is 0 Å². The molecule has 1 heterocycles. The Morgan fingerprint density at radius 2 is 2.12 bits per heavy atom. The maximum Gasteiger partial charge on any atom is 0.0635 e. The lowest BCUT2D eigenvalue weighted by molar-refractivity contribution is 0.266. The third kappa shape index (κ3) is 2.61. The van der Waals surface area contributed by atoms with Crippen LogP contribution in [0.3, 0.4) is 0 Å². The van der Waals surface area contributed by atoms with E-state index in [0.29, 0.717) is 6.04 Å². The average Bonchev–Trinajstić information content (AvgIpc) is 2.86. The molecule has 17 heavy (non-hydrogen) atoms. The van der Waals surface area contributed by atoms with E-state index in [1.54, 1.807) is 0 Å². The van der Waals surface area contributed by atoms with Crippen molar-refractivity contribution in [1.82, 2.24) is 0 Å². The Kier molecular flexibility index (Phi) is 4.02. The van der Waals surface area contributed by atoms with E-state index in [1.165, 1.54) is 17.7 Å². The van der Waals surface area contributed by atoms with Gasteiger partial charge in [0, 0.05) is 18.3 Å². The van der Waals surface area contributed by atoms with Gasteiger partial charge < -0.3 is 15.7 Å². The zero-order chi connectivity index (χ0) is 12.3. The van der Waals surface area contributed by atoms with Crippen molar-refractivity contribution in [2.45, 2.75) is 38.3 Å². The molecule has 1 aromatic rings. The highest BCUT2D eigenvalue weighted by atomic mass is 16.3. The van der Waals surface area contributed by atoms with Crippen LogP contribution in [0.4, 0.5) is 5.69 Å². The molecule has 0 saturated carbocycles. The predicted molar refractivity (Wildman–Crippen MR) is 71.1 cm³/mol. The minimum atomic E-state index is 0.135. The molecular formula is C14H22N2O. The lowest BCUT2D eigenvalue weighted by Gasteiger charge is -2.25. The summed E-state index contributed by atoms with van der Waals surface area (Å²) in [5.41, 5.74) is 8.39. The minimum Gasteiger partial charge on any atom is -0.394 e. The number of aliphatic hydroxyl groups is 1. The van der Waals surface area contributed by atoms with E-state index in [0.717, 1.165) is 19.4 Å². The molecule has 0 radical (unpaired) electrons. The van der Waals surface area contributed by atoms with Crippen LogP contribution >= 0.6 is 0 Å². The first-order valence-electron chi connectivity index (χ1n) is 6.49. The summed E-state index contributed by atoms with van der Waals surface area (Å²) < 4.78 is 0. The highest BCUT2D eigenvalue weighted by molar-refractivity contribution is 5.49. The summed E-state index contributed by atoms with van der Waals surface area (Å²) in [4.78, 5) is 2.29. The molecule has 3 nitrogen and oxygen atoms in total. The van der Waals surface area contributed by atoms with Crippen LogP contribution in [0.1, 0.15) is 37.8 Å². The summed E-state index contributed by atoms with van der Waals surface area (Å²) in [6, 6.07) is 8.89. The van der Waals surface area contributed by atoms with Crippen molar-refractivity contribution >= 4 is 5.69 Å². The molecule has 0 amide bonds. The number of nitrogens with two attached hydrogens (primary N) is 1. The van der Waals surface area contributed by atoms with Crippen LogP contribution in [0.5, 0.6) is 0 Å². The molecule has 2 rings (SSSR count). The average molecular weight is 234 g/mol. The Hall–Kier alpha value is -1.06. The van der Waals surface area contributed by atoms with Crippen LogP contribution in [0.15, 0.2) is 24.3 Å². The van der Waals surface area contributed by atoms with Gasteiger partial charge in [-0.05, 0) is 37.0 Å². The van der Waals surface area contributed by atoms with Crippen LogP contribution < -0.4 is 10.6 Å². The van der Waals surface area contributed by atoms with E-state index in [9.17, 15) is 5.11 Å². The first-order valence-corrected chi connectivity index (χ1v) is 6.49. The molecule has 94 valence electrons. The van der Waals surface area contributed by atoms with E-state index in [1.807, 2.05) is 0 Å². The van der Waals surface area contributed by atoms with Gasteiger partial charge in [0.15, 0.2) is 0 Å². The fourth-order valence-electron chi connectivity index (χ4n) is 2.51. The third-order valence-electron chi connectivity index (χ3n) is 3.68. The number of nitrogens with zero attached hydrogens (tertiary/aromatic N) is 1. The number of aliphatic hydroxyl groups excluding tert-OH is 1. The molecule has 1 saturated heterocycles. The van der Waals surface area contributed by atoms with Gasteiger partial charge in [-0.15, -0.1) is 0 Å². The van der Waals surface area contributed by atoms with E-state index in [2.05, 4.69) is 36.1 Å².